The number of rotatable bonds is 5. The van der Waals surface area contributed by atoms with Crippen molar-refractivity contribution in [3.63, 3.8) is 0 Å². The second kappa shape index (κ2) is 7.83. The molecule has 134 valence electrons. The number of amides is 1. The molecule has 0 spiro atoms. The van der Waals surface area contributed by atoms with Gasteiger partial charge in [0.05, 0.1) is 22.6 Å². The molecule has 2 aromatic rings. The molecule has 0 aliphatic carbocycles. The van der Waals surface area contributed by atoms with Crippen molar-refractivity contribution < 1.29 is 4.79 Å². The Morgan fingerprint density at radius 2 is 1.88 bits per heavy atom. The van der Waals surface area contributed by atoms with Crippen molar-refractivity contribution in [3.8, 4) is 5.69 Å². The van der Waals surface area contributed by atoms with Gasteiger partial charge in [-0.25, -0.2) is 4.68 Å². The van der Waals surface area contributed by atoms with Gasteiger partial charge in [-0.1, -0.05) is 25.1 Å². The summed E-state index contributed by atoms with van der Waals surface area (Å²) in [6.07, 6.45) is 2.15. The predicted molar refractivity (Wildman–Crippen MR) is 100 cm³/mol. The van der Waals surface area contributed by atoms with E-state index in [1.807, 2.05) is 53.8 Å². The monoisotopic (exact) mass is 340 g/mol. The first-order chi connectivity index (χ1) is 12.1. The fourth-order valence-electron chi connectivity index (χ4n) is 3.62. The van der Waals surface area contributed by atoms with Crippen LogP contribution in [0.5, 0.6) is 0 Å². The van der Waals surface area contributed by atoms with E-state index in [2.05, 4.69) is 17.3 Å². The van der Waals surface area contributed by atoms with E-state index < -0.39 is 0 Å². The number of aromatic nitrogens is 2. The van der Waals surface area contributed by atoms with Crippen LogP contribution in [-0.4, -0.2) is 46.8 Å². The Labute approximate surface area is 150 Å². The van der Waals surface area contributed by atoms with Crippen molar-refractivity contribution >= 4 is 5.91 Å². The maximum absolute atomic E-state index is 13.1. The fourth-order valence-corrected chi connectivity index (χ4v) is 3.62. The zero-order valence-electron chi connectivity index (χ0n) is 15.5. The molecular formula is C20H28N4O. The zero-order valence-corrected chi connectivity index (χ0v) is 15.5. The normalized spacial score (nSPS) is 15.6. The maximum Gasteiger partial charge on any atom is 0.257 e. The van der Waals surface area contributed by atoms with Crippen LogP contribution in [-0.2, 0) is 0 Å². The molecular weight excluding hydrogens is 312 g/mol. The number of piperidine rings is 1. The van der Waals surface area contributed by atoms with Gasteiger partial charge in [0.1, 0.15) is 0 Å². The molecule has 0 radical (unpaired) electrons. The van der Waals surface area contributed by atoms with Crippen LogP contribution in [0.2, 0.25) is 0 Å². The van der Waals surface area contributed by atoms with E-state index in [0.717, 1.165) is 61.7 Å². The molecule has 1 fully saturated rings. The zero-order chi connectivity index (χ0) is 17.8. The van der Waals surface area contributed by atoms with Gasteiger partial charge in [0.15, 0.2) is 0 Å². The summed E-state index contributed by atoms with van der Waals surface area (Å²) in [6, 6.07) is 9.99. The lowest BCUT2D eigenvalue weighted by atomic mass is 9.96. The van der Waals surface area contributed by atoms with Crippen LogP contribution in [0, 0.1) is 19.8 Å². The summed E-state index contributed by atoms with van der Waals surface area (Å²) >= 11 is 0. The Morgan fingerprint density at radius 3 is 2.52 bits per heavy atom. The summed E-state index contributed by atoms with van der Waals surface area (Å²) in [5, 5.41) is 8.03. The highest BCUT2D eigenvalue weighted by atomic mass is 16.2. The number of likely N-dealkylation sites (tertiary alicyclic amines) is 1. The highest BCUT2D eigenvalue weighted by molar-refractivity contribution is 5.96. The van der Waals surface area contributed by atoms with Crippen LogP contribution < -0.4 is 5.32 Å². The Bertz CT molecular complexity index is 715. The molecule has 1 aliphatic heterocycles. The summed E-state index contributed by atoms with van der Waals surface area (Å²) in [5.41, 5.74) is 3.48. The molecule has 0 saturated carbocycles. The van der Waals surface area contributed by atoms with Crippen molar-refractivity contribution in [2.45, 2.75) is 33.6 Å². The molecule has 1 amide bonds. The summed E-state index contributed by atoms with van der Waals surface area (Å²) in [5.74, 6) is 0.803. The Balaban J connectivity index is 1.74. The van der Waals surface area contributed by atoms with E-state index in [0.29, 0.717) is 5.92 Å². The van der Waals surface area contributed by atoms with E-state index in [1.165, 1.54) is 0 Å². The molecule has 5 heteroatoms. The van der Waals surface area contributed by atoms with E-state index in [9.17, 15) is 4.79 Å². The number of carbonyl (C=O) groups excluding carboxylic acids is 1. The third-order valence-electron chi connectivity index (χ3n) is 5.09. The molecule has 1 N–H and O–H groups in total. The Hall–Kier alpha value is -2.14. The minimum atomic E-state index is 0.124. The summed E-state index contributed by atoms with van der Waals surface area (Å²) in [7, 11) is 0. The van der Waals surface area contributed by atoms with Gasteiger partial charge < -0.3 is 10.2 Å². The molecule has 5 nitrogen and oxygen atoms in total. The van der Waals surface area contributed by atoms with Crippen molar-refractivity contribution in [1.82, 2.24) is 20.0 Å². The molecule has 25 heavy (non-hydrogen) atoms. The standard InChI is InChI=1S/C20H28N4O/c1-4-21-14-17-10-12-23(13-11-17)20(25)19-15(2)22-24(16(19)3)18-8-6-5-7-9-18/h5-9,17,21H,4,10-14H2,1-3H3. The first-order valence-electron chi connectivity index (χ1n) is 9.23. The minimum Gasteiger partial charge on any atom is -0.339 e. The number of para-hydroxylation sites is 1. The van der Waals surface area contributed by atoms with E-state index >= 15 is 0 Å². The van der Waals surface area contributed by atoms with Gasteiger partial charge in [0, 0.05) is 13.1 Å². The second-order valence-corrected chi connectivity index (χ2v) is 6.84. The lowest BCUT2D eigenvalue weighted by Crippen LogP contribution is -2.41. The summed E-state index contributed by atoms with van der Waals surface area (Å²) < 4.78 is 1.88. The lowest BCUT2D eigenvalue weighted by molar-refractivity contribution is 0.0689. The Kier molecular flexibility index (Phi) is 5.53. The van der Waals surface area contributed by atoms with Crippen molar-refractivity contribution in [2.75, 3.05) is 26.2 Å². The van der Waals surface area contributed by atoms with E-state index in [1.54, 1.807) is 0 Å². The van der Waals surface area contributed by atoms with Gasteiger partial charge >= 0.3 is 0 Å². The number of hydrogen-bond acceptors (Lipinski definition) is 3. The molecule has 0 unspecified atom stereocenters. The SMILES string of the molecule is CCNCC1CCN(C(=O)c2c(C)nn(-c3ccccc3)c2C)CC1. The van der Waals surface area contributed by atoms with Crippen LogP contribution in [0.25, 0.3) is 5.69 Å². The highest BCUT2D eigenvalue weighted by Crippen LogP contribution is 2.23. The quantitative estimate of drug-likeness (QED) is 0.910. The van der Waals surface area contributed by atoms with Gasteiger partial charge in [-0.05, 0) is 57.8 Å². The van der Waals surface area contributed by atoms with Crippen LogP contribution >= 0.6 is 0 Å². The first kappa shape index (κ1) is 17.7. The largest absolute Gasteiger partial charge is 0.339 e. The molecule has 2 heterocycles. The maximum atomic E-state index is 13.1. The number of hydrogen-bond donors (Lipinski definition) is 1. The topological polar surface area (TPSA) is 50.2 Å². The molecule has 1 aromatic carbocycles. The van der Waals surface area contributed by atoms with Gasteiger partial charge in [-0.3, -0.25) is 4.79 Å². The third-order valence-corrected chi connectivity index (χ3v) is 5.09. The highest BCUT2D eigenvalue weighted by Gasteiger charge is 2.27. The summed E-state index contributed by atoms with van der Waals surface area (Å²) in [6.45, 7) is 9.79. The van der Waals surface area contributed by atoms with Crippen LogP contribution in [0.3, 0.4) is 0 Å². The van der Waals surface area contributed by atoms with Crippen molar-refractivity contribution in [2.24, 2.45) is 5.92 Å². The minimum absolute atomic E-state index is 0.124. The number of nitrogens with zero attached hydrogens (tertiary/aromatic N) is 3. The number of aryl methyl sites for hydroxylation is 1. The van der Waals surface area contributed by atoms with Gasteiger partial charge in [0.2, 0.25) is 0 Å². The molecule has 0 atom stereocenters. The van der Waals surface area contributed by atoms with Gasteiger partial charge in [-0.2, -0.15) is 5.10 Å². The van der Waals surface area contributed by atoms with Crippen LogP contribution in [0.4, 0.5) is 0 Å². The van der Waals surface area contributed by atoms with Crippen molar-refractivity contribution in [3.05, 3.63) is 47.3 Å². The number of benzene rings is 1. The van der Waals surface area contributed by atoms with Crippen molar-refractivity contribution in [1.29, 1.82) is 0 Å². The average molecular weight is 340 g/mol. The Morgan fingerprint density at radius 1 is 1.20 bits per heavy atom. The lowest BCUT2D eigenvalue weighted by Gasteiger charge is -2.32. The van der Waals surface area contributed by atoms with Crippen LogP contribution in [0.1, 0.15) is 41.5 Å². The van der Waals surface area contributed by atoms with Gasteiger partial charge in [0.25, 0.3) is 5.91 Å². The number of nitrogens with one attached hydrogen (secondary N) is 1. The summed E-state index contributed by atoms with van der Waals surface area (Å²) in [4.78, 5) is 15.1. The molecule has 1 aromatic heterocycles. The van der Waals surface area contributed by atoms with E-state index in [4.69, 9.17) is 0 Å². The van der Waals surface area contributed by atoms with E-state index in [-0.39, 0.29) is 5.91 Å². The molecule has 0 bridgehead atoms. The fraction of sp³-hybridized carbons (Fsp3) is 0.500. The number of carbonyl (C=O) groups is 1. The predicted octanol–water partition coefficient (Wildman–Crippen LogP) is 2.95. The van der Waals surface area contributed by atoms with Gasteiger partial charge in [-0.15, -0.1) is 0 Å². The molecule has 1 saturated heterocycles. The second-order valence-electron chi connectivity index (χ2n) is 6.84. The van der Waals surface area contributed by atoms with Crippen LogP contribution in [0.15, 0.2) is 30.3 Å². The molecule has 1 aliphatic rings. The average Bonchev–Trinajstić information content (AvgIpc) is 2.95. The smallest absolute Gasteiger partial charge is 0.257 e. The molecule has 3 rings (SSSR count). The first-order valence-corrected chi connectivity index (χ1v) is 9.23. The third kappa shape index (κ3) is 3.76.